The number of hydrogen-bond acceptors (Lipinski definition) is 5. The Balaban J connectivity index is 1.88. The summed E-state index contributed by atoms with van der Waals surface area (Å²) in [6.45, 7) is 3.37. The predicted octanol–water partition coefficient (Wildman–Crippen LogP) is 2.05. The molecule has 0 amide bonds. The Morgan fingerprint density at radius 2 is 1.83 bits per heavy atom. The normalized spacial score (nSPS) is 17.1. The lowest BCUT2D eigenvalue weighted by Gasteiger charge is -2.33. The maximum atomic E-state index is 13.0. The second kappa shape index (κ2) is 5.30. The first-order chi connectivity index (χ1) is 11.4. The van der Waals surface area contributed by atoms with Crippen LogP contribution in [0.4, 0.5) is 19.0 Å². The van der Waals surface area contributed by atoms with Gasteiger partial charge in [-0.2, -0.15) is 18.3 Å². The second-order valence-electron chi connectivity index (χ2n) is 5.92. The van der Waals surface area contributed by atoms with Crippen LogP contribution in [0.5, 0.6) is 0 Å². The zero-order valence-electron chi connectivity index (χ0n) is 13.0. The van der Waals surface area contributed by atoms with Gasteiger partial charge in [0.25, 0.3) is 0 Å². The van der Waals surface area contributed by atoms with Crippen molar-refractivity contribution < 1.29 is 13.2 Å². The van der Waals surface area contributed by atoms with Crippen LogP contribution < -0.4 is 4.90 Å². The molecule has 2 aromatic heterocycles. The topological polar surface area (TPSA) is 49.6 Å². The van der Waals surface area contributed by atoms with Crippen LogP contribution in [-0.2, 0) is 6.18 Å². The Kier molecular flexibility index (Phi) is 3.34. The van der Waals surface area contributed by atoms with E-state index in [9.17, 15) is 13.2 Å². The molecule has 0 atom stereocenters. The van der Waals surface area contributed by atoms with Gasteiger partial charge in [-0.05, 0) is 25.2 Å². The number of hydrogen-bond donors (Lipinski definition) is 0. The number of aromatic nitrogens is 4. The van der Waals surface area contributed by atoms with Crippen LogP contribution in [0, 0.1) is 0 Å². The van der Waals surface area contributed by atoms with Gasteiger partial charge in [-0.3, -0.25) is 0 Å². The molecule has 1 aliphatic heterocycles. The Labute approximate surface area is 135 Å². The molecule has 1 saturated heterocycles. The number of fused-ring (bicyclic) bond motifs is 3. The van der Waals surface area contributed by atoms with Gasteiger partial charge in [0.05, 0.1) is 16.6 Å². The van der Waals surface area contributed by atoms with Crippen molar-refractivity contribution in [2.24, 2.45) is 0 Å². The SMILES string of the molecule is CN1CCN(c2nc3ccc(C(F)(F)F)cc3n3ncnc23)CC1. The van der Waals surface area contributed by atoms with Crippen molar-refractivity contribution in [3.8, 4) is 0 Å². The number of nitrogens with zero attached hydrogens (tertiary/aromatic N) is 6. The zero-order chi connectivity index (χ0) is 16.9. The molecule has 1 aliphatic rings. The van der Waals surface area contributed by atoms with Gasteiger partial charge < -0.3 is 9.80 Å². The highest BCUT2D eigenvalue weighted by Crippen LogP contribution is 2.32. The standard InChI is InChI=1S/C15H15F3N6/c1-22-4-6-23(7-5-22)14-13-19-9-20-24(13)12-8-10(15(16,17)18)2-3-11(12)21-14/h2-3,8-9H,4-7H2,1H3. The van der Waals surface area contributed by atoms with E-state index in [4.69, 9.17) is 0 Å². The van der Waals surface area contributed by atoms with E-state index < -0.39 is 11.7 Å². The fourth-order valence-electron chi connectivity index (χ4n) is 2.93. The molecule has 0 bridgehead atoms. The lowest BCUT2D eigenvalue weighted by Crippen LogP contribution is -2.45. The van der Waals surface area contributed by atoms with Gasteiger partial charge in [-0.15, -0.1) is 0 Å². The van der Waals surface area contributed by atoms with Crippen LogP contribution in [-0.4, -0.2) is 57.7 Å². The Bertz CT molecular complexity index is 895. The molecule has 4 rings (SSSR count). The third-order valence-electron chi connectivity index (χ3n) is 4.31. The summed E-state index contributed by atoms with van der Waals surface area (Å²) in [6.07, 6.45) is -3.06. The first-order valence-electron chi connectivity index (χ1n) is 7.58. The van der Waals surface area contributed by atoms with E-state index in [1.54, 1.807) is 0 Å². The number of piperazine rings is 1. The maximum absolute atomic E-state index is 13.0. The molecular formula is C15H15F3N6. The van der Waals surface area contributed by atoms with Crippen molar-refractivity contribution in [3.05, 3.63) is 30.1 Å². The monoisotopic (exact) mass is 336 g/mol. The van der Waals surface area contributed by atoms with Crippen LogP contribution in [0.1, 0.15) is 5.56 Å². The van der Waals surface area contributed by atoms with E-state index in [1.807, 2.05) is 0 Å². The first kappa shape index (κ1) is 15.1. The third kappa shape index (κ3) is 2.44. The highest BCUT2D eigenvalue weighted by molar-refractivity contribution is 5.83. The zero-order valence-corrected chi connectivity index (χ0v) is 13.0. The molecule has 0 unspecified atom stereocenters. The van der Waals surface area contributed by atoms with Gasteiger partial charge in [0.2, 0.25) is 0 Å². The van der Waals surface area contributed by atoms with Crippen molar-refractivity contribution in [2.75, 3.05) is 38.1 Å². The molecule has 9 heteroatoms. The quantitative estimate of drug-likeness (QED) is 0.681. The summed E-state index contributed by atoms with van der Waals surface area (Å²) in [5.41, 5.74) is 0.525. The van der Waals surface area contributed by atoms with E-state index in [1.165, 1.54) is 16.9 Å². The van der Waals surface area contributed by atoms with Crippen molar-refractivity contribution in [3.63, 3.8) is 0 Å². The second-order valence-corrected chi connectivity index (χ2v) is 5.92. The van der Waals surface area contributed by atoms with Gasteiger partial charge in [0, 0.05) is 26.2 Å². The Morgan fingerprint density at radius 1 is 1.08 bits per heavy atom. The summed E-state index contributed by atoms with van der Waals surface area (Å²) in [6, 6.07) is 3.50. The molecule has 6 nitrogen and oxygen atoms in total. The van der Waals surface area contributed by atoms with Crippen LogP contribution in [0.15, 0.2) is 24.5 Å². The third-order valence-corrected chi connectivity index (χ3v) is 4.31. The largest absolute Gasteiger partial charge is 0.416 e. The number of likely N-dealkylation sites (N-methyl/N-ethyl adjacent to an activating group) is 1. The first-order valence-corrected chi connectivity index (χ1v) is 7.58. The average Bonchev–Trinajstić information content (AvgIpc) is 3.03. The molecule has 0 spiro atoms. The smallest absolute Gasteiger partial charge is 0.351 e. The summed E-state index contributed by atoms with van der Waals surface area (Å²) in [5.74, 6) is 0.660. The molecular weight excluding hydrogens is 321 g/mol. The molecule has 24 heavy (non-hydrogen) atoms. The number of alkyl halides is 3. The lowest BCUT2D eigenvalue weighted by molar-refractivity contribution is -0.137. The van der Waals surface area contributed by atoms with Gasteiger partial charge in [0.15, 0.2) is 11.5 Å². The number of anilines is 1. The minimum absolute atomic E-state index is 0.301. The molecule has 0 N–H and O–H groups in total. The number of halogens is 3. The molecule has 0 aliphatic carbocycles. The Hall–Kier alpha value is -2.42. The summed E-state index contributed by atoms with van der Waals surface area (Å²) in [5, 5.41) is 4.10. The molecule has 1 fully saturated rings. The summed E-state index contributed by atoms with van der Waals surface area (Å²) in [7, 11) is 2.05. The van der Waals surface area contributed by atoms with Crippen LogP contribution >= 0.6 is 0 Å². The maximum Gasteiger partial charge on any atom is 0.416 e. The van der Waals surface area contributed by atoms with Crippen molar-refractivity contribution in [1.29, 1.82) is 0 Å². The summed E-state index contributed by atoms with van der Waals surface area (Å²) in [4.78, 5) is 13.1. The predicted molar refractivity (Wildman–Crippen MR) is 83.0 cm³/mol. The van der Waals surface area contributed by atoms with Crippen molar-refractivity contribution in [1.82, 2.24) is 24.5 Å². The molecule has 126 valence electrons. The van der Waals surface area contributed by atoms with E-state index in [-0.39, 0.29) is 0 Å². The van der Waals surface area contributed by atoms with E-state index in [0.717, 1.165) is 38.3 Å². The Morgan fingerprint density at radius 3 is 2.54 bits per heavy atom. The molecule has 3 heterocycles. The lowest BCUT2D eigenvalue weighted by atomic mass is 10.2. The van der Waals surface area contributed by atoms with Crippen LogP contribution in [0.3, 0.4) is 0 Å². The highest BCUT2D eigenvalue weighted by Gasteiger charge is 2.31. The molecule has 0 saturated carbocycles. The van der Waals surface area contributed by atoms with E-state index >= 15 is 0 Å². The molecule has 1 aromatic carbocycles. The minimum atomic E-state index is -4.41. The molecule has 0 radical (unpaired) electrons. The van der Waals surface area contributed by atoms with Crippen molar-refractivity contribution in [2.45, 2.75) is 6.18 Å². The summed E-state index contributed by atoms with van der Waals surface area (Å²) >= 11 is 0. The van der Waals surface area contributed by atoms with Gasteiger partial charge >= 0.3 is 6.18 Å². The van der Waals surface area contributed by atoms with Crippen LogP contribution in [0.25, 0.3) is 16.7 Å². The fraction of sp³-hybridized carbons (Fsp3) is 0.400. The minimum Gasteiger partial charge on any atom is -0.351 e. The number of benzene rings is 1. The van der Waals surface area contributed by atoms with E-state index in [0.29, 0.717) is 22.5 Å². The van der Waals surface area contributed by atoms with Gasteiger partial charge in [0.1, 0.15) is 6.33 Å². The van der Waals surface area contributed by atoms with Gasteiger partial charge in [-0.25, -0.2) is 14.5 Å². The number of rotatable bonds is 1. The molecule has 3 aromatic rings. The van der Waals surface area contributed by atoms with Gasteiger partial charge in [-0.1, -0.05) is 0 Å². The summed E-state index contributed by atoms with van der Waals surface area (Å²) < 4.78 is 40.3. The highest BCUT2D eigenvalue weighted by atomic mass is 19.4. The van der Waals surface area contributed by atoms with Crippen molar-refractivity contribution >= 4 is 22.5 Å². The fourth-order valence-corrected chi connectivity index (χ4v) is 2.93. The van der Waals surface area contributed by atoms with Crippen LogP contribution in [0.2, 0.25) is 0 Å². The van der Waals surface area contributed by atoms with E-state index in [2.05, 4.69) is 31.9 Å². The average molecular weight is 336 g/mol.